The molecule has 0 spiro atoms. The third-order valence-corrected chi connectivity index (χ3v) is 6.22. The summed E-state index contributed by atoms with van der Waals surface area (Å²) in [6.07, 6.45) is 3.72. The Morgan fingerprint density at radius 3 is 2.32 bits per heavy atom. The van der Waals surface area contributed by atoms with Crippen LogP contribution in [0.25, 0.3) is 28.7 Å². The molecular formula is C33H26N2O3. The minimum Gasteiger partial charge on any atom is -0.497 e. The SMILES string of the molecule is COc1ccc(C=Cc2nc3ccccc3c(=O)n2-c2ccc(C#Cc3ccccc3)cc2C)c(OC)c1. The maximum atomic E-state index is 13.7. The van der Waals surface area contributed by atoms with E-state index in [1.165, 1.54) is 0 Å². The number of para-hydroxylation sites is 1. The Morgan fingerprint density at radius 1 is 0.789 bits per heavy atom. The second-order valence-corrected chi connectivity index (χ2v) is 8.69. The first-order chi connectivity index (χ1) is 18.6. The van der Waals surface area contributed by atoms with Gasteiger partial charge in [0.25, 0.3) is 5.56 Å². The van der Waals surface area contributed by atoms with Gasteiger partial charge in [-0.15, -0.1) is 0 Å². The summed E-state index contributed by atoms with van der Waals surface area (Å²) in [6, 6.07) is 28.7. The predicted octanol–water partition coefficient (Wildman–Crippen LogP) is 6.28. The second kappa shape index (κ2) is 10.9. The molecule has 0 radical (unpaired) electrons. The summed E-state index contributed by atoms with van der Waals surface area (Å²) in [4.78, 5) is 18.6. The Bertz CT molecular complexity index is 1770. The van der Waals surface area contributed by atoms with Crippen molar-refractivity contribution < 1.29 is 9.47 Å². The van der Waals surface area contributed by atoms with Crippen molar-refractivity contribution >= 4 is 23.1 Å². The first kappa shape index (κ1) is 24.6. The zero-order chi connectivity index (χ0) is 26.5. The fraction of sp³-hybridized carbons (Fsp3) is 0.0909. The zero-order valence-corrected chi connectivity index (χ0v) is 21.4. The van der Waals surface area contributed by atoms with Crippen molar-refractivity contribution in [3.8, 4) is 29.0 Å². The first-order valence-electron chi connectivity index (χ1n) is 12.2. The van der Waals surface area contributed by atoms with Crippen molar-refractivity contribution in [2.45, 2.75) is 6.92 Å². The molecule has 5 nitrogen and oxygen atoms in total. The summed E-state index contributed by atoms with van der Waals surface area (Å²) in [6.45, 7) is 1.98. The van der Waals surface area contributed by atoms with Crippen molar-refractivity contribution in [3.63, 3.8) is 0 Å². The van der Waals surface area contributed by atoms with Gasteiger partial charge in [-0.3, -0.25) is 9.36 Å². The van der Waals surface area contributed by atoms with Crippen LogP contribution in [0.1, 0.15) is 28.1 Å². The molecule has 0 atom stereocenters. The number of nitrogens with zero attached hydrogens (tertiary/aromatic N) is 2. The Hall–Kier alpha value is -5.08. The number of ether oxygens (including phenoxy) is 2. The third kappa shape index (κ3) is 5.07. The Morgan fingerprint density at radius 2 is 1.55 bits per heavy atom. The molecule has 4 aromatic carbocycles. The smallest absolute Gasteiger partial charge is 0.266 e. The Labute approximate surface area is 221 Å². The lowest BCUT2D eigenvalue weighted by atomic mass is 10.1. The number of hydrogen-bond acceptors (Lipinski definition) is 4. The van der Waals surface area contributed by atoms with Crippen LogP contribution in [0.2, 0.25) is 0 Å². The van der Waals surface area contributed by atoms with E-state index in [9.17, 15) is 4.79 Å². The number of aromatic nitrogens is 2. The molecule has 5 aromatic rings. The van der Waals surface area contributed by atoms with Crippen LogP contribution in [0.4, 0.5) is 0 Å². The fourth-order valence-electron chi connectivity index (χ4n) is 4.26. The molecule has 1 aromatic heterocycles. The molecule has 0 N–H and O–H groups in total. The van der Waals surface area contributed by atoms with E-state index in [4.69, 9.17) is 14.5 Å². The Balaban J connectivity index is 1.62. The van der Waals surface area contributed by atoms with Crippen LogP contribution >= 0.6 is 0 Å². The van der Waals surface area contributed by atoms with Gasteiger partial charge in [0.2, 0.25) is 0 Å². The van der Waals surface area contributed by atoms with Crippen molar-refractivity contribution in [2.24, 2.45) is 0 Å². The van der Waals surface area contributed by atoms with Crippen LogP contribution in [0.15, 0.2) is 95.8 Å². The minimum atomic E-state index is -0.136. The van der Waals surface area contributed by atoms with Gasteiger partial charge in [0.1, 0.15) is 17.3 Å². The normalized spacial score (nSPS) is 10.8. The van der Waals surface area contributed by atoms with Gasteiger partial charge in [-0.1, -0.05) is 42.2 Å². The van der Waals surface area contributed by atoms with Gasteiger partial charge < -0.3 is 9.47 Å². The molecule has 5 rings (SSSR count). The number of fused-ring (bicyclic) bond motifs is 1. The van der Waals surface area contributed by atoms with Gasteiger partial charge in [0.05, 0.1) is 30.8 Å². The van der Waals surface area contributed by atoms with Gasteiger partial charge in [-0.05, 0) is 79.2 Å². The summed E-state index contributed by atoms with van der Waals surface area (Å²) in [5.74, 6) is 8.28. The molecule has 0 fully saturated rings. The standard InChI is InChI=1S/C33H26N2O3/c1-23-21-25(14-13-24-9-5-4-6-10-24)15-19-30(23)35-32(34-29-12-8-7-11-28(29)33(35)36)20-17-26-16-18-27(37-2)22-31(26)38-3/h4-12,15-22H,1-3H3. The minimum absolute atomic E-state index is 0.136. The van der Waals surface area contributed by atoms with Crippen LogP contribution in [0.5, 0.6) is 11.5 Å². The molecule has 0 aliphatic carbocycles. The van der Waals surface area contributed by atoms with Gasteiger partial charge in [-0.2, -0.15) is 0 Å². The lowest BCUT2D eigenvalue weighted by Crippen LogP contribution is -2.23. The van der Waals surface area contributed by atoms with E-state index in [1.807, 2.05) is 104 Å². The molecule has 1 heterocycles. The Kier molecular flexibility index (Phi) is 7.06. The lowest BCUT2D eigenvalue weighted by molar-refractivity contribution is 0.394. The monoisotopic (exact) mass is 498 g/mol. The fourth-order valence-corrected chi connectivity index (χ4v) is 4.26. The molecule has 0 saturated heterocycles. The van der Waals surface area contributed by atoms with Crippen LogP contribution in [-0.4, -0.2) is 23.8 Å². The molecule has 0 amide bonds. The average Bonchev–Trinajstić information content (AvgIpc) is 2.96. The summed E-state index contributed by atoms with van der Waals surface area (Å²) >= 11 is 0. The highest BCUT2D eigenvalue weighted by molar-refractivity contribution is 5.80. The van der Waals surface area contributed by atoms with E-state index in [2.05, 4.69) is 11.8 Å². The molecule has 38 heavy (non-hydrogen) atoms. The van der Waals surface area contributed by atoms with Crippen molar-refractivity contribution in [2.75, 3.05) is 14.2 Å². The molecule has 5 heteroatoms. The van der Waals surface area contributed by atoms with Gasteiger partial charge in [0.15, 0.2) is 0 Å². The quantitative estimate of drug-likeness (QED) is 0.268. The van der Waals surface area contributed by atoms with E-state index >= 15 is 0 Å². The number of benzene rings is 4. The molecule has 0 saturated carbocycles. The number of aryl methyl sites for hydroxylation is 1. The van der Waals surface area contributed by atoms with Gasteiger partial charge in [-0.25, -0.2) is 4.98 Å². The number of hydrogen-bond donors (Lipinski definition) is 0. The highest BCUT2D eigenvalue weighted by Gasteiger charge is 2.13. The van der Waals surface area contributed by atoms with Crippen molar-refractivity contribution in [1.82, 2.24) is 9.55 Å². The van der Waals surface area contributed by atoms with E-state index in [1.54, 1.807) is 24.9 Å². The van der Waals surface area contributed by atoms with Gasteiger partial charge >= 0.3 is 0 Å². The predicted molar refractivity (Wildman–Crippen MR) is 153 cm³/mol. The molecule has 0 aliphatic heterocycles. The van der Waals surface area contributed by atoms with Gasteiger partial charge in [0, 0.05) is 22.8 Å². The molecule has 0 bridgehead atoms. The number of rotatable bonds is 5. The van der Waals surface area contributed by atoms with E-state index in [-0.39, 0.29) is 5.56 Å². The maximum absolute atomic E-state index is 13.7. The topological polar surface area (TPSA) is 53.3 Å². The summed E-state index contributed by atoms with van der Waals surface area (Å²) < 4.78 is 12.5. The maximum Gasteiger partial charge on any atom is 0.266 e. The summed E-state index contributed by atoms with van der Waals surface area (Å²) in [5.41, 5.74) is 4.83. The van der Waals surface area contributed by atoms with Crippen molar-refractivity contribution in [1.29, 1.82) is 0 Å². The van der Waals surface area contributed by atoms with Crippen LogP contribution in [0, 0.1) is 18.8 Å². The second-order valence-electron chi connectivity index (χ2n) is 8.69. The van der Waals surface area contributed by atoms with Crippen LogP contribution in [-0.2, 0) is 0 Å². The summed E-state index contributed by atoms with van der Waals surface area (Å²) in [5, 5.41) is 0.555. The third-order valence-electron chi connectivity index (χ3n) is 6.22. The molecule has 186 valence electrons. The zero-order valence-electron chi connectivity index (χ0n) is 21.4. The highest BCUT2D eigenvalue weighted by Crippen LogP contribution is 2.27. The molecule has 0 unspecified atom stereocenters. The van der Waals surface area contributed by atoms with Crippen LogP contribution < -0.4 is 15.0 Å². The number of methoxy groups -OCH3 is 2. The van der Waals surface area contributed by atoms with E-state index in [0.717, 1.165) is 27.9 Å². The van der Waals surface area contributed by atoms with E-state index in [0.29, 0.717) is 28.2 Å². The molecule has 0 aliphatic rings. The van der Waals surface area contributed by atoms with Crippen molar-refractivity contribution in [3.05, 3.63) is 129 Å². The van der Waals surface area contributed by atoms with Crippen LogP contribution in [0.3, 0.4) is 0 Å². The lowest BCUT2D eigenvalue weighted by Gasteiger charge is -2.14. The average molecular weight is 499 g/mol. The van der Waals surface area contributed by atoms with E-state index < -0.39 is 0 Å². The highest BCUT2D eigenvalue weighted by atomic mass is 16.5. The summed E-state index contributed by atoms with van der Waals surface area (Å²) in [7, 11) is 3.23. The molecular weight excluding hydrogens is 472 g/mol. The largest absolute Gasteiger partial charge is 0.497 e. The first-order valence-corrected chi connectivity index (χ1v) is 12.2.